The Morgan fingerprint density at radius 1 is 1.38 bits per heavy atom. The van der Waals surface area contributed by atoms with Gasteiger partial charge in [0, 0.05) is 30.7 Å². The third kappa shape index (κ3) is 3.99. The molecule has 1 aliphatic rings. The number of hydrogen-bond acceptors (Lipinski definition) is 5. The summed E-state index contributed by atoms with van der Waals surface area (Å²) in [7, 11) is -3.71. The number of alkyl halides is 2. The molecule has 1 saturated carbocycles. The number of hydrogen-bond donors (Lipinski definition) is 4. The largest absolute Gasteiger partial charge is 0.381 e. The number of carbonyl (C=O) groups is 1. The zero-order valence-electron chi connectivity index (χ0n) is 13.1. The van der Waals surface area contributed by atoms with Crippen LogP contribution in [0.25, 0.3) is 0 Å². The van der Waals surface area contributed by atoms with E-state index < -0.39 is 33.7 Å². The van der Waals surface area contributed by atoms with Crippen LogP contribution < -0.4 is 16.4 Å². The molecule has 0 spiro atoms. The van der Waals surface area contributed by atoms with E-state index in [1.807, 2.05) is 0 Å². The predicted octanol–water partition coefficient (Wildman–Crippen LogP) is 1.23. The van der Waals surface area contributed by atoms with Crippen LogP contribution >= 0.6 is 0 Å². The number of anilines is 1. The summed E-state index contributed by atoms with van der Waals surface area (Å²) >= 11 is 0. The third-order valence-corrected chi connectivity index (χ3v) is 4.81. The molecule has 1 aromatic rings. The lowest BCUT2D eigenvalue weighted by Gasteiger charge is -2.36. The minimum Gasteiger partial charge on any atom is -0.381 e. The van der Waals surface area contributed by atoms with E-state index in [0.29, 0.717) is 5.56 Å². The van der Waals surface area contributed by atoms with E-state index in [1.54, 1.807) is 6.92 Å². The molecule has 5 N–H and O–H groups in total. The SMILES string of the molecule is Cc1cc(NC2CC(F)(F)C2)c(S(C)(=O)=O)cc1C(=O)NC(=N)N. The first kappa shape index (κ1) is 18.1. The van der Waals surface area contributed by atoms with Gasteiger partial charge in [0.15, 0.2) is 15.8 Å². The molecule has 10 heteroatoms. The molecule has 0 atom stereocenters. The number of benzene rings is 1. The number of nitrogens with two attached hydrogens (primary N) is 1. The zero-order valence-corrected chi connectivity index (χ0v) is 13.9. The topological polar surface area (TPSA) is 125 Å². The van der Waals surface area contributed by atoms with Gasteiger partial charge in [-0.15, -0.1) is 0 Å². The van der Waals surface area contributed by atoms with E-state index in [0.717, 1.165) is 12.3 Å². The quantitative estimate of drug-likeness (QED) is 0.475. The van der Waals surface area contributed by atoms with Gasteiger partial charge in [-0.2, -0.15) is 0 Å². The minimum atomic E-state index is -3.71. The number of halogens is 2. The van der Waals surface area contributed by atoms with Crippen molar-refractivity contribution in [2.24, 2.45) is 5.73 Å². The fraction of sp³-hybridized carbons (Fsp3) is 0.429. The van der Waals surface area contributed by atoms with Gasteiger partial charge >= 0.3 is 0 Å². The van der Waals surface area contributed by atoms with E-state index in [1.165, 1.54) is 6.07 Å². The van der Waals surface area contributed by atoms with Crippen molar-refractivity contribution in [2.75, 3.05) is 11.6 Å². The second kappa shape index (κ2) is 6.00. The molecule has 1 aliphatic carbocycles. The Bertz CT molecular complexity index is 800. The first-order valence-corrected chi connectivity index (χ1v) is 8.92. The molecule has 0 radical (unpaired) electrons. The standard InChI is InChI=1S/C14H18F2N4O3S/c1-7-3-10(19-8-5-14(15,16)6-8)11(24(2,22)23)4-9(7)12(21)20-13(17)18/h3-4,8,19H,5-6H2,1-2H3,(H4,17,18,20,21). The van der Waals surface area contributed by atoms with Crippen LogP contribution in [-0.4, -0.2) is 38.5 Å². The first-order chi connectivity index (χ1) is 10.9. The van der Waals surface area contributed by atoms with Crippen LogP contribution in [0.1, 0.15) is 28.8 Å². The van der Waals surface area contributed by atoms with Crippen molar-refractivity contribution >= 4 is 27.4 Å². The van der Waals surface area contributed by atoms with Gasteiger partial charge in [-0.25, -0.2) is 17.2 Å². The molecule has 2 rings (SSSR count). The Kier molecular flexibility index (Phi) is 4.53. The van der Waals surface area contributed by atoms with Crippen molar-refractivity contribution in [1.82, 2.24) is 5.32 Å². The molecule has 0 aliphatic heterocycles. The summed E-state index contributed by atoms with van der Waals surface area (Å²) in [6, 6.07) is 2.04. The molecule has 0 unspecified atom stereocenters. The van der Waals surface area contributed by atoms with Crippen molar-refractivity contribution in [3.63, 3.8) is 0 Å². The summed E-state index contributed by atoms with van der Waals surface area (Å²) in [5, 5.41) is 11.9. The highest BCUT2D eigenvalue weighted by molar-refractivity contribution is 7.90. The average molecular weight is 360 g/mol. The molecule has 0 bridgehead atoms. The average Bonchev–Trinajstić information content (AvgIpc) is 2.33. The third-order valence-electron chi connectivity index (χ3n) is 3.67. The molecule has 24 heavy (non-hydrogen) atoms. The van der Waals surface area contributed by atoms with E-state index >= 15 is 0 Å². The Hall–Kier alpha value is -2.23. The molecule has 7 nitrogen and oxygen atoms in total. The lowest BCUT2D eigenvalue weighted by Crippen LogP contribution is -2.44. The smallest absolute Gasteiger partial charge is 0.258 e. The van der Waals surface area contributed by atoms with Crippen LogP contribution in [0.4, 0.5) is 14.5 Å². The molecule has 0 heterocycles. The molecular weight excluding hydrogens is 342 g/mol. The van der Waals surface area contributed by atoms with E-state index in [9.17, 15) is 22.0 Å². The summed E-state index contributed by atoms with van der Waals surface area (Å²) in [4.78, 5) is 11.8. The molecule has 0 saturated heterocycles. The van der Waals surface area contributed by atoms with Crippen molar-refractivity contribution in [3.8, 4) is 0 Å². The second-order valence-corrected chi connectivity index (χ2v) is 7.89. The first-order valence-electron chi connectivity index (χ1n) is 7.03. The Labute approximate surface area is 138 Å². The Balaban J connectivity index is 2.39. The zero-order chi connectivity index (χ0) is 18.3. The van der Waals surface area contributed by atoms with Crippen LogP contribution in [0, 0.1) is 12.3 Å². The lowest BCUT2D eigenvalue weighted by atomic mass is 9.88. The van der Waals surface area contributed by atoms with Gasteiger partial charge in [-0.1, -0.05) is 0 Å². The molecule has 0 aromatic heterocycles. The summed E-state index contributed by atoms with van der Waals surface area (Å²) in [6.45, 7) is 1.57. The highest BCUT2D eigenvalue weighted by atomic mass is 32.2. The number of guanidine groups is 1. The second-order valence-electron chi connectivity index (χ2n) is 5.91. The monoisotopic (exact) mass is 360 g/mol. The fourth-order valence-corrected chi connectivity index (χ4v) is 3.37. The van der Waals surface area contributed by atoms with E-state index in [2.05, 4.69) is 10.6 Å². The lowest BCUT2D eigenvalue weighted by molar-refractivity contribution is -0.0793. The number of nitrogens with one attached hydrogen (secondary N) is 3. The normalized spacial score (nSPS) is 17.0. The maximum Gasteiger partial charge on any atom is 0.258 e. The summed E-state index contributed by atoms with van der Waals surface area (Å²) < 4.78 is 49.9. The Morgan fingerprint density at radius 2 is 1.96 bits per heavy atom. The molecule has 132 valence electrons. The Morgan fingerprint density at radius 3 is 2.42 bits per heavy atom. The van der Waals surface area contributed by atoms with E-state index in [-0.39, 0.29) is 29.0 Å². The van der Waals surface area contributed by atoms with Crippen LogP contribution in [0.3, 0.4) is 0 Å². The highest BCUT2D eigenvalue weighted by Crippen LogP contribution is 2.40. The molecule has 1 fully saturated rings. The summed E-state index contributed by atoms with van der Waals surface area (Å²) in [6.07, 6.45) is 0.217. The van der Waals surface area contributed by atoms with Gasteiger partial charge in [0.1, 0.15) is 0 Å². The minimum absolute atomic E-state index is 0.0371. The van der Waals surface area contributed by atoms with Gasteiger partial charge in [0.2, 0.25) is 0 Å². The van der Waals surface area contributed by atoms with Crippen molar-refractivity contribution in [3.05, 3.63) is 23.3 Å². The van der Waals surface area contributed by atoms with Gasteiger partial charge < -0.3 is 11.1 Å². The van der Waals surface area contributed by atoms with E-state index in [4.69, 9.17) is 11.1 Å². The molecule has 1 aromatic carbocycles. The number of rotatable bonds is 4. The molecule has 1 amide bonds. The molecular formula is C14H18F2N4O3S. The number of amides is 1. The van der Waals surface area contributed by atoms with Crippen molar-refractivity contribution < 1.29 is 22.0 Å². The fourth-order valence-electron chi connectivity index (χ4n) is 2.53. The number of sulfone groups is 1. The van der Waals surface area contributed by atoms with Crippen LogP contribution in [0.5, 0.6) is 0 Å². The maximum atomic E-state index is 13.0. The van der Waals surface area contributed by atoms with Crippen LogP contribution in [0.2, 0.25) is 0 Å². The van der Waals surface area contributed by atoms with Crippen molar-refractivity contribution in [2.45, 2.75) is 36.6 Å². The number of aryl methyl sites for hydroxylation is 1. The van der Waals surface area contributed by atoms with Gasteiger partial charge in [0.25, 0.3) is 11.8 Å². The van der Waals surface area contributed by atoms with Gasteiger partial charge in [0.05, 0.1) is 10.6 Å². The van der Waals surface area contributed by atoms with Crippen molar-refractivity contribution in [1.29, 1.82) is 5.41 Å². The van der Waals surface area contributed by atoms with Crippen LogP contribution in [0.15, 0.2) is 17.0 Å². The van der Waals surface area contributed by atoms with Gasteiger partial charge in [-0.05, 0) is 24.6 Å². The van der Waals surface area contributed by atoms with Crippen LogP contribution in [-0.2, 0) is 9.84 Å². The number of carbonyl (C=O) groups excluding carboxylic acids is 1. The predicted molar refractivity (Wildman–Crippen MR) is 85.3 cm³/mol. The highest BCUT2D eigenvalue weighted by Gasteiger charge is 2.45. The van der Waals surface area contributed by atoms with Gasteiger partial charge in [-0.3, -0.25) is 15.5 Å². The summed E-state index contributed by atoms with van der Waals surface area (Å²) in [5.41, 5.74) is 5.74. The summed E-state index contributed by atoms with van der Waals surface area (Å²) in [5.74, 6) is -4.02. The maximum absolute atomic E-state index is 13.0.